The van der Waals surface area contributed by atoms with Crippen LogP contribution in [-0.4, -0.2) is 23.0 Å². The quantitative estimate of drug-likeness (QED) is 0.385. The van der Waals surface area contributed by atoms with Crippen LogP contribution < -0.4 is 10.1 Å². The third-order valence-corrected chi connectivity index (χ3v) is 5.68. The molecule has 2 N–H and O–H groups in total. The molecule has 160 valence electrons. The molecule has 5 rings (SSSR count). The highest BCUT2D eigenvalue weighted by Gasteiger charge is 2.24. The van der Waals surface area contributed by atoms with Gasteiger partial charge in [0.15, 0.2) is 5.76 Å². The van der Waals surface area contributed by atoms with E-state index in [1.807, 2.05) is 79.7 Å². The van der Waals surface area contributed by atoms with Crippen LogP contribution in [0.25, 0.3) is 22.0 Å². The highest BCUT2D eigenvalue weighted by atomic mass is 16.5. The third-order valence-electron chi connectivity index (χ3n) is 5.68. The van der Waals surface area contributed by atoms with Crippen molar-refractivity contribution in [2.45, 2.75) is 19.4 Å². The standard InChI is InChI=1S/C26H23N3O3/c1-16-19-15-18(31-2)12-13-23(19)32-24(16)26(30)29-22(14-17-8-4-3-5-9-17)25-27-20-10-6-7-11-21(20)28-25/h3-13,15,22H,14H2,1-2H3,(H,27,28)(H,29,30)/t22-/m0/s1. The Balaban J connectivity index is 1.50. The lowest BCUT2D eigenvalue weighted by atomic mass is 10.0. The molecule has 0 aliphatic carbocycles. The van der Waals surface area contributed by atoms with E-state index in [4.69, 9.17) is 14.1 Å². The van der Waals surface area contributed by atoms with Crippen molar-refractivity contribution in [2.75, 3.05) is 7.11 Å². The maximum atomic E-state index is 13.3. The summed E-state index contributed by atoms with van der Waals surface area (Å²) in [4.78, 5) is 21.4. The molecule has 0 radical (unpaired) electrons. The number of aromatic amines is 1. The number of aromatic nitrogens is 2. The zero-order chi connectivity index (χ0) is 22.1. The van der Waals surface area contributed by atoms with Gasteiger partial charge in [0.1, 0.15) is 17.2 Å². The van der Waals surface area contributed by atoms with Crippen LogP contribution in [0.5, 0.6) is 5.75 Å². The molecular formula is C26H23N3O3. The molecule has 1 amide bonds. The number of para-hydroxylation sites is 2. The van der Waals surface area contributed by atoms with Crippen molar-refractivity contribution >= 4 is 27.9 Å². The van der Waals surface area contributed by atoms with E-state index in [-0.39, 0.29) is 11.9 Å². The maximum Gasteiger partial charge on any atom is 0.287 e. The van der Waals surface area contributed by atoms with Crippen LogP contribution in [0.2, 0.25) is 0 Å². The first-order valence-electron chi connectivity index (χ1n) is 10.5. The van der Waals surface area contributed by atoms with Gasteiger partial charge in [-0.1, -0.05) is 42.5 Å². The molecule has 3 aromatic carbocycles. The number of carbonyl (C=O) groups is 1. The average molecular weight is 425 g/mol. The Morgan fingerprint density at radius 2 is 1.88 bits per heavy atom. The van der Waals surface area contributed by atoms with E-state index in [0.717, 1.165) is 33.3 Å². The molecule has 32 heavy (non-hydrogen) atoms. The van der Waals surface area contributed by atoms with E-state index in [1.54, 1.807) is 7.11 Å². The van der Waals surface area contributed by atoms with Crippen molar-refractivity contribution in [1.29, 1.82) is 0 Å². The summed E-state index contributed by atoms with van der Waals surface area (Å²) in [5.74, 6) is 1.44. The second-order valence-electron chi connectivity index (χ2n) is 7.77. The fourth-order valence-electron chi connectivity index (χ4n) is 3.97. The number of H-pyrrole nitrogens is 1. The van der Waals surface area contributed by atoms with Crippen LogP contribution in [0.15, 0.2) is 77.2 Å². The molecular weight excluding hydrogens is 402 g/mol. The minimum atomic E-state index is -0.348. The molecule has 0 fully saturated rings. The summed E-state index contributed by atoms with van der Waals surface area (Å²) in [5, 5.41) is 3.99. The van der Waals surface area contributed by atoms with E-state index in [2.05, 4.69) is 10.3 Å². The number of methoxy groups -OCH3 is 1. The van der Waals surface area contributed by atoms with Gasteiger partial charge in [0, 0.05) is 10.9 Å². The van der Waals surface area contributed by atoms with Gasteiger partial charge in [-0.3, -0.25) is 4.79 Å². The second-order valence-corrected chi connectivity index (χ2v) is 7.77. The molecule has 0 saturated carbocycles. The van der Waals surface area contributed by atoms with E-state index in [0.29, 0.717) is 23.6 Å². The first-order chi connectivity index (χ1) is 15.6. The number of furan rings is 1. The highest BCUT2D eigenvalue weighted by Crippen LogP contribution is 2.29. The predicted octanol–water partition coefficient (Wildman–Crippen LogP) is 5.34. The second kappa shape index (κ2) is 8.23. The number of amides is 1. The maximum absolute atomic E-state index is 13.3. The Kier molecular flexibility index (Phi) is 5.11. The van der Waals surface area contributed by atoms with Crippen LogP contribution in [0, 0.1) is 6.92 Å². The van der Waals surface area contributed by atoms with Crippen molar-refractivity contribution < 1.29 is 13.9 Å². The topological polar surface area (TPSA) is 80.2 Å². The van der Waals surface area contributed by atoms with Gasteiger partial charge in [-0.05, 0) is 49.2 Å². The number of nitrogens with zero attached hydrogens (tertiary/aromatic N) is 1. The van der Waals surface area contributed by atoms with E-state index in [1.165, 1.54) is 0 Å². The number of imidazole rings is 1. The molecule has 0 aliphatic heterocycles. The monoisotopic (exact) mass is 425 g/mol. The lowest BCUT2D eigenvalue weighted by molar-refractivity contribution is 0.0908. The SMILES string of the molecule is COc1ccc2oc(C(=O)N[C@@H](Cc3ccccc3)c3nc4ccccc4[nH]3)c(C)c2c1. The molecule has 0 spiro atoms. The first kappa shape index (κ1) is 19.9. The van der Waals surface area contributed by atoms with Crippen molar-refractivity contribution in [3.05, 3.63) is 95.5 Å². The molecule has 0 saturated heterocycles. The Morgan fingerprint density at radius 1 is 1.09 bits per heavy atom. The van der Waals surface area contributed by atoms with Crippen LogP contribution in [0.4, 0.5) is 0 Å². The number of ether oxygens (including phenoxy) is 1. The van der Waals surface area contributed by atoms with Crippen LogP contribution in [-0.2, 0) is 6.42 Å². The summed E-state index contributed by atoms with van der Waals surface area (Å²) < 4.78 is 11.2. The van der Waals surface area contributed by atoms with Crippen molar-refractivity contribution in [3.8, 4) is 5.75 Å². The van der Waals surface area contributed by atoms with Gasteiger partial charge in [0.25, 0.3) is 5.91 Å². The van der Waals surface area contributed by atoms with Gasteiger partial charge in [-0.15, -0.1) is 0 Å². The Morgan fingerprint density at radius 3 is 2.66 bits per heavy atom. The van der Waals surface area contributed by atoms with Gasteiger partial charge in [0.05, 0.1) is 24.2 Å². The van der Waals surface area contributed by atoms with E-state index in [9.17, 15) is 4.79 Å². The fourth-order valence-corrected chi connectivity index (χ4v) is 3.97. The minimum Gasteiger partial charge on any atom is -0.497 e. The largest absolute Gasteiger partial charge is 0.497 e. The Bertz CT molecular complexity index is 1370. The van der Waals surface area contributed by atoms with E-state index >= 15 is 0 Å². The lowest BCUT2D eigenvalue weighted by Gasteiger charge is -2.16. The number of fused-ring (bicyclic) bond motifs is 2. The molecule has 6 heteroatoms. The van der Waals surface area contributed by atoms with Crippen LogP contribution in [0.1, 0.15) is 33.5 Å². The number of rotatable bonds is 6. The summed E-state index contributed by atoms with van der Waals surface area (Å²) in [6, 6.07) is 23.0. The fraction of sp³-hybridized carbons (Fsp3) is 0.154. The summed E-state index contributed by atoms with van der Waals surface area (Å²) in [6.07, 6.45) is 0.597. The molecule has 2 aromatic heterocycles. The van der Waals surface area contributed by atoms with Gasteiger partial charge in [-0.2, -0.15) is 0 Å². The summed E-state index contributed by atoms with van der Waals surface area (Å²) in [6.45, 7) is 1.88. The van der Waals surface area contributed by atoms with Crippen LogP contribution in [0.3, 0.4) is 0 Å². The minimum absolute atomic E-state index is 0.279. The normalized spacial score (nSPS) is 12.2. The van der Waals surface area contributed by atoms with Crippen molar-refractivity contribution in [1.82, 2.24) is 15.3 Å². The van der Waals surface area contributed by atoms with Crippen LogP contribution >= 0.6 is 0 Å². The van der Waals surface area contributed by atoms with Gasteiger partial charge in [0.2, 0.25) is 0 Å². The number of benzene rings is 3. The van der Waals surface area contributed by atoms with Gasteiger partial charge < -0.3 is 19.5 Å². The Hall–Kier alpha value is -4.06. The molecule has 0 bridgehead atoms. The predicted molar refractivity (Wildman–Crippen MR) is 124 cm³/mol. The summed E-state index contributed by atoms with van der Waals surface area (Å²) in [7, 11) is 1.62. The van der Waals surface area contributed by atoms with E-state index < -0.39 is 0 Å². The Labute approximate surface area is 185 Å². The number of aryl methyl sites for hydroxylation is 1. The first-order valence-corrected chi connectivity index (χ1v) is 10.5. The number of nitrogens with one attached hydrogen (secondary N) is 2. The summed E-state index contributed by atoms with van der Waals surface area (Å²) in [5.41, 5.74) is 4.32. The molecule has 6 nitrogen and oxygen atoms in total. The molecule has 0 aliphatic rings. The molecule has 0 unspecified atom stereocenters. The van der Waals surface area contributed by atoms with Gasteiger partial charge >= 0.3 is 0 Å². The third kappa shape index (κ3) is 3.71. The molecule has 5 aromatic rings. The molecule has 1 atom stereocenters. The average Bonchev–Trinajstić information content (AvgIpc) is 3.40. The van der Waals surface area contributed by atoms with Crippen molar-refractivity contribution in [2.24, 2.45) is 0 Å². The summed E-state index contributed by atoms with van der Waals surface area (Å²) >= 11 is 0. The number of hydrogen-bond acceptors (Lipinski definition) is 4. The zero-order valence-electron chi connectivity index (χ0n) is 17.9. The van der Waals surface area contributed by atoms with Crippen molar-refractivity contribution in [3.63, 3.8) is 0 Å². The highest BCUT2D eigenvalue weighted by molar-refractivity contribution is 5.99. The number of hydrogen-bond donors (Lipinski definition) is 2. The zero-order valence-corrected chi connectivity index (χ0v) is 17.9. The molecule has 2 heterocycles. The smallest absolute Gasteiger partial charge is 0.287 e. The number of carbonyl (C=O) groups excluding carboxylic acids is 1. The lowest BCUT2D eigenvalue weighted by Crippen LogP contribution is -2.31. The van der Waals surface area contributed by atoms with Gasteiger partial charge in [-0.25, -0.2) is 4.98 Å².